The second-order valence-corrected chi connectivity index (χ2v) is 5.32. The summed E-state index contributed by atoms with van der Waals surface area (Å²) in [5.74, 6) is 0.715. The first-order chi connectivity index (χ1) is 8.66. The molecule has 18 heavy (non-hydrogen) atoms. The Hall–Kier alpha value is -1.15. The zero-order valence-electron chi connectivity index (χ0n) is 9.54. The molecule has 0 aliphatic carbocycles. The molecule has 4 nitrogen and oxygen atoms in total. The average Bonchev–Trinajstić information content (AvgIpc) is 2.75. The van der Waals surface area contributed by atoms with Gasteiger partial charge >= 0.3 is 0 Å². The molecule has 0 spiro atoms. The van der Waals surface area contributed by atoms with Crippen molar-refractivity contribution < 1.29 is 4.74 Å². The van der Waals surface area contributed by atoms with Crippen molar-refractivity contribution in [2.24, 2.45) is 5.73 Å². The highest BCUT2D eigenvalue weighted by Gasteiger charge is 2.05. The minimum absolute atomic E-state index is 0.347. The maximum atomic E-state index is 5.68. The monoisotopic (exact) mass is 373 g/mol. The lowest BCUT2D eigenvalue weighted by Crippen LogP contribution is -2.14. The number of benzene rings is 1. The first-order valence-corrected chi connectivity index (χ1v) is 6.85. The van der Waals surface area contributed by atoms with Gasteiger partial charge < -0.3 is 10.5 Å². The fourth-order valence-corrected chi connectivity index (χ4v) is 2.12. The standard InChI is InChI=1S/C12H12IN3OS/c13-9-7-15-16(8-9)5-6-17-11-4-2-1-3-10(11)12(14)18/h1-4,7-8H,5-6H2,(H2,14,18). The molecule has 0 fully saturated rings. The molecule has 0 saturated carbocycles. The molecule has 1 aromatic carbocycles. The van der Waals surface area contributed by atoms with Crippen LogP contribution in [0, 0.1) is 3.57 Å². The molecule has 0 bridgehead atoms. The van der Waals surface area contributed by atoms with Crippen LogP contribution < -0.4 is 10.5 Å². The molecular weight excluding hydrogens is 361 g/mol. The summed E-state index contributed by atoms with van der Waals surface area (Å²) in [5.41, 5.74) is 6.40. The van der Waals surface area contributed by atoms with Gasteiger partial charge in [-0.3, -0.25) is 4.68 Å². The summed E-state index contributed by atoms with van der Waals surface area (Å²) in [6.45, 7) is 1.21. The van der Waals surface area contributed by atoms with Crippen LogP contribution >= 0.6 is 34.8 Å². The molecular formula is C12H12IN3OS. The van der Waals surface area contributed by atoms with Crippen LogP contribution in [0.3, 0.4) is 0 Å². The minimum Gasteiger partial charge on any atom is -0.491 e. The second-order valence-electron chi connectivity index (χ2n) is 3.63. The number of hydrogen-bond acceptors (Lipinski definition) is 3. The fraction of sp³-hybridized carbons (Fsp3) is 0.167. The number of ether oxygens (including phenoxy) is 1. The predicted molar refractivity (Wildman–Crippen MR) is 82.8 cm³/mol. The zero-order valence-corrected chi connectivity index (χ0v) is 12.5. The van der Waals surface area contributed by atoms with E-state index in [1.54, 1.807) is 0 Å². The van der Waals surface area contributed by atoms with Crippen molar-refractivity contribution in [1.82, 2.24) is 9.78 Å². The summed E-state index contributed by atoms with van der Waals surface area (Å²) in [6.07, 6.45) is 3.77. The summed E-state index contributed by atoms with van der Waals surface area (Å²) >= 11 is 7.20. The second kappa shape index (κ2) is 6.14. The van der Waals surface area contributed by atoms with Crippen LogP contribution in [0.5, 0.6) is 5.75 Å². The topological polar surface area (TPSA) is 53.1 Å². The molecule has 0 amide bonds. The molecule has 6 heteroatoms. The van der Waals surface area contributed by atoms with Gasteiger partial charge in [0, 0.05) is 6.20 Å². The third-order valence-electron chi connectivity index (χ3n) is 2.33. The van der Waals surface area contributed by atoms with E-state index in [1.165, 1.54) is 0 Å². The van der Waals surface area contributed by atoms with Crippen LogP contribution in [-0.4, -0.2) is 21.4 Å². The number of nitrogens with two attached hydrogens (primary N) is 1. The molecule has 0 aliphatic rings. The van der Waals surface area contributed by atoms with E-state index in [-0.39, 0.29) is 0 Å². The van der Waals surface area contributed by atoms with E-state index in [0.29, 0.717) is 23.9 Å². The summed E-state index contributed by atoms with van der Waals surface area (Å²) in [7, 11) is 0. The van der Waals surface area contributed by atoms with Crippen molar-refractivity contribution >= 4 is 39.8 Å². The molecule has 0 saturated heterocycles. The van der Waals surface area contributed by atoms with Crippen molar-refractivity contribution in [3.63, 3.8) is 0 Å². The predicted octanol–water partition coefficient (Wildman–Crippen LogP) is 2.20. The number of hydrogen-bond donors (Lipinski definition) is 1. The Kier molecular flexibility index (Phi) is 4.54. The third-order valence-corrected chi connectivity index (χ3v) is 3.11. The summed E-state index contributed by atoms with van der Waals surface area (Å²) in [6, 6.07) is 7.50. The smallest absolute Gasteiger partial charge is 0.129 e. The Balaban J connectivity index is 1.96. The van der Waals surface area contributed by atoms with E-state index < -0.39 is 0 Å². The van der Waals surface area contributed by atoms with Crippen LogP contribution in [0.4, 0.5) is 0 Å². The Morgan fingerprint density at radius 3 is 2.89 bits per heavy atom. The van der Waals surface area contributed by atoms with Gasteiger partial charge in [-0.05, 0) is 34.7 Å². The number of thiocarbonyl (C=S) groups is 1. The van der Waals surface area contributed by atoms with Crippen molar-refractivity contribution in [2.75, 3.05) is 6.61 Å². The minimum atomic E-state index is 0.347. The molecule has 0 unspecified atom stereocenters. The number of nitrogens with zero attached hydrogens (tertiary/aromatic N) is 2. The van der Waals surface area contributed by atoms with Crippen LogP contribution in [0.25, 0.3) is 0 Å². The van der Waals surface area contributed by atoms with Gasteiger partial charge in [0.15, 0.2) is 0 Å². The van der Waals surface area contributed by atoms with Crippen molar-refractivity contribution in [3.05, 3.63) is 45.8 Å². The highest BCUT2D eigenvalue weighted by molar-refractivity contribution is 14.1. The molecule has 2 rings (SSSR count). The number of halogens is 1. The van der Waals surface area contributed by atoms with Gasteiger partial charge in [-0.25, -0.2) is 0 Å². The molecule has 0 radical (unpaired) electrons. The van der Waals surface area contributed by atoms with E-state index >= 15 is 0 Å². The Morgan fingerprint density at radius 2 is 2.22 bits per heavy atom. The van der Waals surface area contributed by atoms with E-state index in [1.807, 2.05) is 41.3 Å². The normalized spacial score (nSPS) is 10.3. The van der Waals surface area contributed by atoms with Crippen LogP contribution in [-0.2, 0) is 6.54 Å². The molecule has 1 heterocycles. The lowest BCUT2D eigenvalue weighted by Gasteiger charge is -2.10. The van der Waals surface area contributed by atoms with E-state index in [0.717, 1.165) is 9.13 Å². The number of aromatic nitrogens is 2. The first kappa shape index (κ1) is 13.3. The van der Waals surface area contributed by atoms with Crippen molar-refractivity contribution in [3.8, 4) is 5.75 Å². The highest BCUT2D eigenvalue weighted by atomic mass is 127. The summed E-state index contributed by atoms with van der Waals surface area (Å²) < 4.78 is 8.63. The quantitative estimate of drug-likeness (QED) is 0.645. The maximum absolute atomic E-state index is 5.68. The maximum Gasteiger partial charge on any atom is 0.129 e. The van der Waals surface area contributed by atoms with Gasteiger partial charge in [-0.1, -0.05) is 24.4 Å². The van der Waals surface area contributed by atoms with E-state index in [2.05, 4.69) is 27.7 Å². The lowest BCUT2D eigenvalue weighted by molar-refractivity contribution is 0.291. The van der Waals surface area contributed by atoms with Gasteiger partial charge in [0.25, 0.3) is 0 Å². The third kappa shape index (κ3) is 3.42. The summed E-state index contributed by atoms with van der Waals surface area (Å²) in [5, 5.41) is 4.18. The SMILES string of the molecule is NC(=S)c1ccccc1OCCn1cc(I)cn1. The summed E-state index contributed by atoms with van der Waals surface area (Å²) in [4.78, 5) is 0.347. The Labute approximate surface area is 124 Å². The number of rotatable bonds is 5. The zero-order chi connectivity index (χ0) is 13.0. The van der Waals surface area contributed by atoms with Crippen LogP contribution in [0.15, 0.2) is 36.7 Å². The van der Waals surface area contributed by atoms with Gasteiger partial charge in [0.1, 0.15) is 17.3 Å². The van der Waals surface area contributed by atoms with Gasteiger partial charge in [0.2, 0.25) is 0 Å². The molecule has 1 aromatic heterocycles. The van der Waals surface area contributed by atoms with Crippen molar-refractivity contribution in [2.45, 2.75) is 6.54 Å². The van der Waals surface area contributed by atoms with Crippen LogP contribution in [0.1, 0.15) is 5.56 Å². The average molecular weight is 373 g/mol. The number of para-hydroxylation sites is 1. The van der Waals surface area contributed by atoms with Crippen molar-refractivity contribution in [1.29, 1.82) is 0 Å². The van der Waals surface area contributed by atoms with Gasteiger partial charge in [0.05, 0.1) is 21.9 Å². The molecule has 94 valence electrons. The highest BCUT2D eigenvalue weighted by Crippen LogP contribution is 2.17. The molecule has 0 aliphatic heterocycles. The Bertz CT molecular complexity index is 556. The largest absolute Gasteiger partial charge is 0.491 e. The fourth-order valence-electron chi connectivity index (χ4n) is 1.51. The first-order valence-electron chi connectivity index (χ1n) is 5.36. The van der Waals surface area contributed by atoms with Crippen LogP contribution in [0.2, 0.25) is 0 Å². The Morgan fingerprint density at radius 1 is 1.44 bits per heavy atom. The lowest BCUT2D eigenvalue weighted by atomic mass is 10.2. The van der Waals surface area contributed by atoms with Gasteiger partial charge in [-0.2, -0.15) is 5.10 Å². The van der Waals surface area contributed by atoms with E-state index in [4.69, 9.17) is 22.7 Å². The molecule has 0 atom stereocenters. The molecule has 2 N–H and O–H groups in total. The molecule has 2 aromatic rings. The van der Waals surface area contributed by atoms with E-state index in [9.17, 15) is 0 Å². The van der Waals surface area contributed by atoms with Gasteiger partial charge in [-0.15, -0.1) is 0 Å².